The maximum atomic E-state index is 4.70. The largest absolute Gasteiger partial charge is 0.357 e. The third-order valence-corrected chi connectivity index (χ3v) is 5.34. The summed E-state index contributed by atoms with van der Waals surface area (Å²) < 4.78 is 2.20. The summed E-state index contributed by atoms with van der Waals surface area (Å²) in [5.41, 5.74) is 2.59. The molecule has 142 valence electrons. The summed E-state index contributed by atoms with van der Waals surface area (Å²) in [6, 6.07) is 12.6. The van der Waals surface area contributed by atoms with Gasteiger partial charge in [0.1, 0.15) is 5.82 Å². The summed E-state index contributed by atoms with van der Waals surface area (Å²) >= 11 is 1.76. The van der Waals surface area contributed by atoms with Crippen molar-refractivity contribution in [1.82, 2.24) is 20.2 Å². The van der Waals surface area contributed by atoms with Crippen molar-refractivity contribution in [3.8, 4) is 0 Å². The maximum absolute atomic E-state index is 4.70. The molecule has 0 fully saturated rings. The second-order valence-corrected chi connectivity index (χ2v) is 7.36. The second-order valence-electron chi connectivity index (χ2n) is 6.36. The summed E-state index contributed by atoms with van der Waals surface area (Å²) in [5, 5.41) is 8.86. The van der Waals surface area contributed by atoms with Crippen molar-refractivity contribution < 1.29 is 0 Å². The van der Waals surface area contributed by atoms with E-state index in [1.54, 1.807) is 11.3 Å². The van der Waals surface area contributed by atoms with E-state index in [1.807, 2.05) is 18.5 Å². The van der Waals surface area contributed by atoms with Crippen molar-refractivity contribution in [3.05, 3.63) is 76.0 Å². The number of hydrogen-bond acceptors (Lipinski definition) is 3. The first-order valence-corrected chi connectivity index (χ1v) is 10.2. The van der Waals surface area contributed by atoms with Crippen LogP contribution in [-0.4, -0.2) is 28.6 Å². The normalized spacial score (nSPS) is 11.6. The van der Waals surface area contributed by atoms with Crippen molar-refractivity contribution in [2.75, 3.05) is 13.1 Å². The van der Waals surface area contributed by atoms with Crippen LogP contribution in [0.1, 0.15) is 28.8 Å². The highest BCUT2D eigenvalue weighted by atomic mass is 32.1. The highest BCUT2D eigenvalue weighted by Crippen LogP contribution is 2.16. The van der Waals surface area contributed by atoms with Gasteiger partial charge in [-0.15, -0.1) is 11.3 Å². The van der Waals surface area contributed by atoms with Gasteiger partial charge in [-0.2, -0.15) is 0 Å². The number of guanidine groups is 1. The fourth-order valence-electron chi connectivity index (χ4n) is 2.84. The third kappa shape index (κ3) is 5.69. The van der Waals surface area contributed by atoms with Crippen LogP contribution < -0.4 is 10.6 Å². The van der Waals surface area contributed by atoms with E-state index in [1.165, 1.54) is 16.0 Å². The molecule has 2 N–H and O–H groups in total. The maximum Gasteiger partial charge on any atom is 0.191 e. The smallest absolute Gasteiger partial charge is 0.191 e. The van der Waals surface area contributed by atoms with Gasteiger partial charge < -0.3 is 15.2 Å². The molecule has 0 amide bonds. The molecule has 5 nitrogen and oxygen atoms in total. The summed E-state index contributed by atoms with van der Waals surface area (Å²) in [5.74, 6) is 1.93. The lowest BCUT2D eigenvalue weighted by atomic mass is 10.2. The molecule has 0 saturated carbocycles. The fourth-order valence-corrected chi connectivity index (χ4v) is 3.67. The number of benzene rings is 1. The fraction of sp³-hybridized carbons (Fsp3) is 0.333. The van der Waals surface area contributed by atoms with E-state index in [9.17, 15) is 0 Å². The van der Waals surface area contributed by atoms with Gasteiger partial charge in [0, 0.05) is 43.3 Å². The monoisotopic (exact) mass is 381 g/mol. The quantitative estimate of drug-likeness (QED) is 0.463. The number of rotatable bonds is 8. The molecular weight excluding hydrogens is 354 g/mol. The zero-order valence-electron chi connectivity index (χ0n) is 16.0. The Morgan fingerprint density at radius 2 is 2.04 bits per heavy atom. The lowest BCUT2D eigenvalue weighted by Gasteiger charge is -2.12. The number of hydrogen-bond donors (Lipinski definition) is 2. The van der Waals surface area contributed by atoms with Crippen LogP contribution in [0.25, 0.3) is 0 Å². The van der Waals surface area contributed by atoms with Crippen LogP contribution in [0, 0.1) is 6.92 Å². The van der Waals surface area contributed by atoms with Gasteiger partial charge in [-0.3, -0.25) is 0 Å². The zero-order chi connectivity index (χ0) is 18.9. The minimum absolute atomic E-state index is 0.710. The standard InChI is InChI=1S/C21H27N5S/c1-3-22-21(25-15-19-17(2)10-14-27-19)24-11-9-20-23-12-13-26(20)16-18-7-5-4-6-8-18/h4-8,10,12-14H,3,9,11,15-16H2,1-2H3,(H2,22,24,25). The number of imidazole rings is 1. The first-order valence-electron chi connectivity index (χ1n) is 9.35. The molecule has 2 aromatic heterocycles. The molecule has 0 unspecified atom stereocenters. The molecule has 3 rings (SSSR count). The first kappa shape index (κ1) is 19.2. The van der Waals surface area contributed by atoms with Gasteiger partial charge in [-0.05, 0) is 36.4 Å². The second kappa shape index (κ2) is 9.92. The number of aliphatic imine (C=N–C) groups is 1. The molecule has 6 heteroatoms. The van der Waals surface area contributed by atoms with Gasteiger partial charge in [0.25, 0.3) is 0 Å². The van der Waals surface area contributed by atoms with Crippen molar-refractivity contribution in [1.29, 1.82) is 0 Å². The predicted molar refractivity (Wildman–Crippen MR) is 113 cm³/mol. The number of nitrogens with zero attached hydrogens (tertiary/aromatic N) is 3. The minimum atomic E-state index is 0.710. The zero-order valence-corrected chi connectivity index (χ0v) is 16.8. The molecule has 0 atom stereocenters. The Bertz CT molecular complexity index is 850. The van der Waals surface area contributed by atoms with Crippen LogP contribution in [-0.2, 0) is 19.5 Å². The predicted octanol–water partition coefficient (Wildman–Crippen LogP) is 3.60. The van der Waals surface area contributed by atoms with Crippen molar-refractivity contribution in [2.24, 2.45) is 4.99 Å². The molecule has 0 bridgehead atoms. The molecule has 2 heterocycles. The average Bonchev–Trinajstić information content (AvgIpc) is 3.29. The molecule has 0 aliphatic heterocycles. The van der Waals surface area contributed by atoms with Gasteiger partial charge in [0.05, 0.1) is 6.54 Å². The van der Waals surface area contributed by atoms with Crippen LogP contribution in [0.4, 0.5) is 0 Å². The Balaban J connectivity index is 1.54. The Labute approximate surface area is 165 Å². The van der Waals surface area contributed by atoms with Crippen LogP contribution >= 0.6 is 11.3 Å². The van der Waals surface area contributed by atoms with Crippen molar-refractivity contribution in [2.45, 2.75) is 33.4 Å². The Morgan fingerprint density at radius 3 is 2.78 bits per heavy atom. The molecule has 0 saturated heterocycles. The lowest BCUT2D eigenvalue weighted by Crippen LogP contribution is -2.38. The van der Waals surface area contributed by atoms with Crippen molar-refractivity contribution >= 4 is 17.3 Å². The van der Waals surface area contributed by atoms with Crippen LogP contribution in [0.3, 0.4) is 0 Å². The van der Waals surface area contributed by atoms with Crippen LogP contribution in [0.2, 0.25) is 0 Å². The van der Waals surface area contributed by atoms with Crippen molar-refractivity contribution in [3.63, 3.8) is 0 Å². The highest BCUT2D eigenvalue weighted by molar-refractivity contribution is 7.10. The summed E-state index contributed by atoms with van der Waals surface area (Å²) in [6.07, 6.45) is 4.76. The summed E-state index contributed by atoms with van der Waals surface area (Å²) in [4.78, 5) is 10.5. The number of aryl methyl sites for hydroxylation is 1. The topological polar surface area (TPSA) is 54.2 Å². The molecular formula is C21H27N5S. The number of aromatic nitrogens is 2. The van der Waals surface area contributed by atoms with E-state index < -0.39 is 0 Å². The Hall–Kier alpha value is -2.60. The van der Waals surface area contributed by atoms with Gasteiger partial charge in [0.2, 0.25) is 0 Å². The molecule has 0 aliphatic rings. The van der Waals surface area contributed by atoms with E-state index in [2.05, 4.69) is 69.7 Å². The summed E-state index contributed by atoms with van der Waals surface area (Å²) in [7, 11) is 0. The average molecular weight is 382 g/mol. The first-order chi connectivity index (χ1) is 13.3. The summed E-state index contributed by atoms with van der Waals surface area (Å²) in [6.45, 7) is 7.41. The lowest BCUT2D eigenvalue weighted by molar-refractivity contribution is 0.694. The highest BCUT2D eigenvalue weighted by Gasteiger charge is 2.05. The molecule has 0 spiro atoms. The molecule has 27 heavy (non-hydrogen) atoms. The van der Waals surface area contributed by atoms with Crippen LogP contribution in [0.5, 0.6) is 0 Å². The van der Waals surface area contributed by atoms with Gasteiger partial charge in [-0.25, -0.2) is 9.98 Å². The van der Waals surface area contributed by atoms with Crippen LogP contribution in [0.15, 0.2) is 59.2 Å². The SMILES string of the molecule is CCNC(=NCc1sccc1C)NCCc1nccn1Cc1ccccc1. The van der Waals surface area contributed by atoms with E-state index in [0.717, 1.165) is 37.8 Å². The molecule has 0 radical (unpaired) electrons. The Kier molecular flexibility index (Phi) is 7.04. The van der Waals surface area contributed by atoms with Gasteiger partial charge >= 0.3 is 0 Å². The molecule has 1 aromatic carbocycles. The minimum Gasteiger partial charge on any atom is -0.357 e. The molecule has 3 aromatic rings. The Morgan fingerprint density at radius 1 is 1.19 bits per heavy atom. The van der Waals surface area contributed by atoms with E-state index in [-0.39, 0.29) is 0 Å². The van der Waals surface area contributed by atoms with E-state index in [0.29, 0.717) is 6.54 Å². The van der Waals surface area contributed by atoms with Gasteiger partial charge in [-0.1, -0.05) is 30.3 Å². The van der Waals surface area contributed by atoms with E-state index >= 15 is 0 Å². The van der Waals surface area contributed by atoms with Gasteiger partial charge in [0.15, 0.2) is 5.96 Å². The number of thiophene rings is 1. The third-order valence-electron chi connectivity index (χ3n) is 4.33. The number of nitrogens with one attached hydrogen (secondary N) is 2. The molecule has 0 aliphatic carbocycles. The van der Waals surface area contributed by atoms with E-state index in [4.69, 9.17) is 4.99 Å².